The monoisotopic (exact) mass is 339 g/mol. The molecule has 6 heteroatoms. The van der Waals surface area contributed by atoms with Crippen LogP contribution in [0.25, 0.3) is 10.9 Å². The van der Waals surface area contributed by atoms with Gasteiger partial charge in [0.25, 0.3) is 5.56 Å². The van der Waals surface area contributed by atoms with Crippen molar-refractivity contribution >= 4 is 16.9 Å². The smallest absolute Gasteiger partial charge is 0.260 e. The number of aromatic amines is 1. The molecule has 3 rings (SSSR count). The molecule has 3 aromatic rings. The highest BCUT2D eigenvalue weighted by atomic mass is 16.5. The number of aryl methyl sites for hydroxylation is 1. The summed E-state index contributed by atoms with van der Waals surface area (Å²) in [7, 11) is 3.22. The van der Waals surface area contributed by atoms with Crippen molar-refractivity contribution in [3.05, 3.63) is 57.9 Å². The topological polar surface area (TPSA) is 76.2 Å². The molecular weight excluding hydrogens is 318 g/mol. The number of aromatic nitrogens is 2. The van der Waals surface area contributed by atoms with E-state index in [2.05, 4.69) is 15.3 Å². The number of ether oxygens (including phenoxy) is 2. The minimum atomic E-state index is -0.163. The number of fused-ring (bicyclic) bond motifs is 1. The molecule has 1 unspecified atom stereocenters. The third-order valence-corrected chi connectivity index (χ3v) is 4.20. The van der Waals surface area contributed by atoms with Gasteiger partial charge >= 0.3 is 0 Å². The minimum absolute atomic E-state index is 0.0795. The molecular formula is C19H21N3O3. The van der Waals surface area contributed by atoms with E-state index < -0.39 is 0 Å². The third-order valence-electron chi connectivity index (χ3n) is 4.20. The first-order chi connectivity index (χ1) is 12.0. The van der Waals surface area contributed by atoms with Gasteiger partial charge in [-0.15, -0.1) is 0 Å². The lowest BCUT2D eigenvalue weighted by atomic mass is 10.0. The average Bonchev–Trinajstić information content (AvgIpc) is 2.61. The van der Waals surface area contributed by atoms with E-state index in [-0.39, 0.29) is 11.6 Å². The van der Waals surface area contributed by atoms with Gasteiger partial charge in [-0.05, 0) is 49.2 Å². The van der Waals surface area contributed by atoms with Crippen LogP contribution in [0.15, 0.2) is 41.2 Å². The van der Waals surface area contributed by atoms with E-state index in [4.69, 9.17) is 9.47 Å². The first kappa shape index (κ1) is 16.8. The number of hydrogen-bond acceptors (Lipinski definition) is 5. The van der Waals surface area contributed by atoms with Crippen LogP contribution >= 0.6 is 0 Å². The van der Waals surface area contributed by atoms with E-state index >= 15 is 0 Å². The number of para-hydroxylation sites is 1. The van der Waals surface area contributed by atoms with Gasteiger partial charge in [-0.2, -0.15) is 0 Å². The fourth-order valence-corrected chi connectivity index (χ4v) is 2.90. The number of anilines is 1. The van der Waals surface area contributed by atoms with Crippen LogP contribution in [-0.4, -0.2) is 24.2 Å². The number of nitrogens with one attached hydrogen (secondary N) is 2. The largest absolute Gasteiger partial charge is 0.493 e. The van der Waals surface area contributed by atoms with Crippen molar-refractivity contribution in [3.63, 3.8) is 0 Å². The molecule has 25 heavy (non-hydrogen) atoms. The Bertz CT molecular complexity index is 966. The number of H-pyrrole nitrogens is 1. The van der Waals surface area contributed by atoms with Crippen LogP contribution in [-0.2, 0) is 0 Å². The second kappa shape index (κ2) is 6.84. The zero-order valence-electron chi connectivity index (χ0n) is 14.7. The molecule has 1 heterocycles. The van der Waals surface area contributed by atoms with Gasteiger partial charge in [-0.25, -0.2) is 4.98 Å². The molecule has 0 fully saturated rings. The molecule has 130 valence electrons. The number of benzene rings is 2. The molecule has 0 aliphatic heterocycles. The van der Waals surface area contributed by atoms with Gasteiger partial charge in [0.05, 0.1) is 31.2 Å². The van der Waals surface area contributed by atoms with Crippen molar-refractivity contribution in [2.45, 2.75) is 19.9 Å². The Kier molecular flexibility index (Phi) is 4.61. The maximum Gasteiger partial charge on any atom is 0.260 e. The molecule has 6 nitrogen and oxygen atoms in total. The first-order valence-corrected chi connectivity index (χ1v) is 8.01. The van der Waals surface area contributed by atoms with E-state index in [0.717, 1.165) is 11.1 Å². The summed E-state index contributed by atoms with van der Waals surface area (Å²) in [5.74, 6) is 1.79. The summed E-state index contributed by atoms with van der Waals surface area (Å²) in [5.41, 5.74) is 2.59. The maximum atomic E-state index is 12.2. The first-order valence-electron chi connectivity index (χ1n) is 8.01. The standard InChI is InChI=1S/C19H21N3O3/c1-11-9-16(24-3)17(25-4)10-14(11)12(2)20-19-21-15-8-6-5-7-13(15)18(23)22-19/h5-10,12H,1-4H3,(H2,20,21,22,23). The average molecular weight is 339 g/mol. The summed E-state index contributed by atoms with van der Waals surface area (Å²) >= 11 is 0. The molecule has 0 saturated heterocycles. The van der Waals surface area contributed by atoms with Crippen molar-refractivity contribution in [3.8, 4) is 11.5 Å². The van der Waals surface area contributed by atoms with Crippen molar-refractivity contribution in [2.75, 3.05) is 19.5 Å². The molecule has 0 radical (unpaired) electrons. The van der Waals surface area contributed by atoms with Crippen LogP contribution in [0.2, 0.25) is 0 Å². The van der Waals surface area contributed by atoms with Gasteiger partial charge in [0.2, 0.25) is 5.95 Å². The molecule has 2 aromatic carbocycles. The summed E-state index contributed by atoms with van der Waals surface area (Å²) in [6.45, 7) is 4.01. The van der Waals surface area contributed by atoms with E-state index in [1.165, 1.54) is 0 Å². The molecule has 0 spiro atoms. The lowest BCUT2D eigenvalue weighted by molar-refractivity contribution is 0.354. The second-order valence-corrected chi connectivity index (χ2v) is 5.86. The van der Waals surface area contributed by atoms with Crippen LogP contribution in [0.5, 0.6) is 11.5 Å². The fraction of sp³-hybridized carbons (Fsp3) is 0.263. The predicted octanol–water partition coefficient (Wildman–Crippen LogP) is 3.42. The van der Waals surface area contributed by atoms with E-state index in [0.29, 0.717) is 28.4 Å². The summed E-state index contributed by atoms with van der Waals surface area (Å²) < 4.78 is 10.7. The lowest BCUT2D eigenvalue weighted by Crippen LogP contribution is -2.16. The summed E-state index contributed by atoms with van der Waals surface area (Å²) in [5, 5.41) is 3.83. The number of rotatable bonds is 5. The molecule has 0 bridgehead atoms. The van der Waals surface area contributed by atoms with Crippen LogP contribution < -0.4 is 20.3 Å². The van der Waals surface area contributed by atoms with Crippen molar-refractivity contribution in [2.24, 2.45) is 0 Å². The van der Waals surface area contributed by atoms with Crippen LogP contribution in [0, 0.1) is 6.92 Å². The van der Waals surface area contributed by atoms with Crippen molar-refractivity contribution in [1.82, 2.24) is 9.97 Å². The van der Waals surface area contributed by atoms with Gasteiger partial charge in [-0.3, -0.25) is 9.78 Å². The molecule has 1 aromatic heterocycles. The quantitative estimate of drug-likeness (QED) is 0.745. The van der Waals surface area contributed by atoms with Gasteiger partial charge in [0.15, 0.2) is 11.5 Å². The van der Waals surface area contributed by atoms with E-state index in [9.17, 15) is 4.79 Å². The summed E-state index contributed by atoms with van der Waals surface area (Å²) in [6, 6.07) is 11.1. The van der Waals surface area contributed by atoms with Gasteiger partial charge in [-0.1, -0.05) is 12.1 Å². The number of hydrogen-bond donors (Lipinski definition) is 2. The minimum Gasteiger partial charge on any atom is -0.493 e. The Balaban J connectivity index is 1.95. The third kappa shape index (κ3) is 3.28. The fourth-order valence-electron chi connectivity index (χ4n) is 2.90. The Morgan fingerprint density at radius 2 is 1.80 bits per heavy atom. The molecule has 0 saturated carbocycles. The van der Waals surface area contributed by atoms with Gasteiger partial charge < -0.3 is 14.8 Å². The number of nitrogens with zero attached hydrogens (tertiary/aromatic N) is 1. The molecule has 0 aliphatic carbocycles. The number of methoxy groups -OCH3 is 2. The van der Waals surface area contributed by atoms with Gasteiger partial charge in [0.1, 0.15) is 0 Å². The second-order valence-electron chi connectivity index (χ2n) is 5.86. The van der Waals surface area contributed by atoms with Gasteiger partial charge in [0, 0.05) is 0 Å². The molecule has 2 N–H and O–H groups in total. The van der Waals surface area contributed by atoms with E-state index in [1.54, 1.807) is 20.3 Å². The Morgan fingerprint density at radius 1 is 1.12 bits per heavy atom. The summed E-state index contributed by atoms with van der Waals surface area (Å²) in [6.07, 6.45) is 0. The van der Waals surface area contributed by atoms with Crippen LogP contribution in [0.3, 0.4) is 0 Å². The Labute approximate surface area is 145 Å². The zero-order valence-corrected chi connectivity index (χ0v) is 14.7. The maximum absolute atomic E-state index is 12.2. The Hall–Kier alpha value is -3.02. The van der Waals surface area contributed by atoms with Crippen LogP contribution in [0.4, 0.5) is 5.95 Å². The van der Waals surface area contributed by atoms with Crippen molar-refractivity contribution in [1.29, 1.82) is 0 Å². The highest BCUT2D eigenvalue weighted by molar-refractivity contribution is 5.78. The van der Waals surface area contributed by atoms with Crippen LogP contribution in [0.1, 0.15) is 24.1 Å². The molecule has 0 aliphatic rings. The summed E-state index contributed by atoms with van der Waals surface area (Å²) in [4.78, 5) is 19.5. The van der Waals surface area contributed by atoms with Crippen molar-refractivity contribution < 1.29 is 9.47 Å². The Morgan fingerprint density at radius 3 is 2.52 bits per heavy atom. The highest BCUT2D eigenvalue weighted by Gasteiger charge is 2.15. The normalized spacial score (nSPS) is 12.0. The molecule has 1 atom stereocenters. The lowest BCUT2D eigenvalue weighted by Gasteiger charge is -2.19. The molecule has 0 amide bonds. The predicted molar refractivity (Wildman–Crippen MR) is 98.7 cm³/mol. The zero-order chi connectivity index (χ0) is 18.0. The SMILES string of the molecule is COc1cc(C)c(C(C)Nc2nc3ccccc3c(=O)[nH]2)cc1OC. The highest BCUT2D eigenvalue weighted by Crippen LogP contribution is 2.33. The van der Waals surface area contributed by atoms with E-state index in [1.807, 2.05) is 44.2 Å².